The monoisotopic (exact) mass is 366 g/mol. The number of methoxy groups -OCH3 is 2. The lowest BCUT2D eigenvalue weighted by Crippen LogP contribution is -2.14. The Morgan fingerprint density at radius 1 is 1.12 bits per heavy atom. The van der Waals surface area contributed by atoms with Crippen molar-refractivity contribution < 1.29 is 27.8 Å². The third kappa shape index (κ3) is 4.58. The molecule has 0 bridgehead atoms. The summed E-state index contributed by atoms with van der Waals surface area (Å²) in [5.74, 6) is 0.965. The lowest BCUT2D eigenvalue weighted by atomic mass is 10.1. The minimum atomic E-state index is -4.64. The molecule has 2 aromatic rings. The molecule has 0 radical (unpaired) electrons. The fourth-order valence-electron chi connectivity index (χ4n) is 2.34. The first kappa shape index (κ1) is 19.4. The van der Waals surface area contributed by atoms with E-state index in [1.807, 2.05) is 0 Å². The number of ether oxygens (including phenoxy) is 2. The number of rotatable bonds is 6. The van der Waals surface area contributed by atoms with Crippen molar-refractivity contribution in [2.75, 3.05) is 26.1 Å². The Morgan fingerprint density at radius 2 is 1.73 bits per heavy atom. The van der Waals surface area contributed by atoms with Crippen LogP contribution in [0.3, 0.4) is 0 Å². The van der Waals surface area contributed by atoms with E-state index in [-0.39, 0.29) is 12.2 Å². The van der Waals surface area contributed by atoms with E-state index >= 15 is 0 Å². The van der Waals surface area contributed by atoms with Crippen LogP contribution in [0.2, 0.25) is 0 Å². The highest BCUT2D eigenvalue weighted by Gasteiger charge is 2.33. The molecule has 2 aromatic carbocycles. The second kappa shape index (κ2) is 7.97. The van der Waals surface area contributed by atoms with Crippen molar-refractivity contribution in [3.8, 4) is 17.6 Å². The van der Waals surface area contributed by atoms with E-state index in [2.05, 4.69) is 5.32 Å². The first-order valence-corrected chi connectivity index (χ1v) is 7.54. The molecule has 0 aliphatic heterocycles. The number of anilines is 1. The van der Waals surface area contributed by atoms with Crippen molar-refractivity contribution >= 4 is 5.69 Å². The van der Waals surface area contributed by atoms with Gasteiger partial charge >= 0.3 is 6.18 Å². The zero-order chi connectivity index (χ0) is 19.3. The number of nitrogens with zero attached hydrogens (tertiary/aromatic N) is 1. The number of alkyl halides is 3. The summed E-state index contributed by atoms with van der Waals surface area (Å²) < 4.78 is 49.2. The molecule has 1 atom stereocenters. The first-order valence-electron chi connectivity index (χ1n) is 7.54. The van der Waals surface area contributed by atoms with Crippen LogP contribution in [0.5, 0.6) is 11.5 Å². The first-order chi connectivity index (χ1) is 12.3. The van der Waals surface area contributed by atoms with Crippen molar-refractivity contribution in [3.63, 3.8) is 0 Å². The summed E-state index contributed by atoms with van der Waals surface area (Å²) in [6.45, 7) is -0.0421. The van der Waals surface area contributed by atoms with Gasteiger partial charge in [-0.2, -0.15) is 18.4 Å². The molecule has 0 amide bonds. The minimum absolute atomic E-state index is 0.0421. The maximum atomic E-state index is 13.0. The van der Waals surface area contributed by atoms with Crippen molar-refractivity contribution in [1.82, 2.24) is 0 Å². The Kier molecular flexibility index (Phi) is 5.95. The average Bonchev–Trinajstić information content (AvgIpc) is 2.64. The van der Waals surface area contributed by atoms with Crippen LogP contribution in [-0.2, 0) is 6.18 Å². The fraction of sp³-hybridized carbons (Fsp3) is 0.278. The topological polar surface area (TPSA) is 74.5 Å². The molecule has 2 N–H and O–H groups in total. The second-order valence-electron chi connectivity index (χ2n) is 5.41. The molecule has 0 saturated heterocycles. The lowest BCUT2D eigenvalue weighted by molar-refractivity contribution is -0.137. The van der Waals surface area contributed by atoms with Crippen LogP contribution in [0.1, 0.15) is 22.8 Å². The maximum absolute atomic E-state index is 13.0. The molecule has 0 fully saturated rings. The molecule has 0 aliphatic carbocycles. The number of halogens is 3. The number of aliphatic hydroxyl groups excluding tert-OH is 1. The number of benzene rings is 2. The predicted molar refractivity (Wildman–Crippen MR) is 89.2 cm³/mol. The third-order valence-electron chi connectivity index (χ3n) is 3.70. The molecular formula is C18H17F3N2O3. The van der Waals surface area contributed by atoms with E-state index in [9.17, 15) is 18.3 Å². The van der Waals surface area contributed by atoms with Crippen LogP contribution >= 0.6 is 0 Å². The standard InChI is InChI=1S/C18H17F3N2O3/c1-25-14-5-12(6-15(8-14)26-2)17(24)10-23-13-4-3-11(9-22)16(7-13)18(19,20)21/h3-8,17,23-24H,10H2,1-2H3. The van der Waals surface area contributed by atoms with Crippen LogP contribution in [0.25, 0.3) is 0 Å². The van der Waals surface area contributed by atoms with Gasteiger partial charge in [0.05, 0.1) is 37.5 Å². The van der Waals surface area contributed by atoms with Gasteiger partial charge in [-0.05, 0) is 35.9 Å². The number of nitriles is 1. The molecule has 8 heteroatoms. The van der Waals surface area contributed by atoms with Gasteiger partial charge in [0.25, 0.3) is 0 Å². The van der Waals surface area contributed by atoms with Gasteiger partial charge in [0.1, 0.15) is 11.5 Å². The van der Waals surface area contributed by atoms with E-state index in [1.54, 1.807) is 18.2 Å². The molecule has 1 unspecified atom stereocenters. The zero-order valence-corrected chi connectivity index (χ0v) is 14.1. The van der Waals surface area contributed by atoms with Gasteiger partial charge < -0.3 is 19.9 Å². The van der Waals surface area contributed by atoms with Crippen LogP contribution < -0.4 is 14.8 Å². The average molecular weight is 366 g/mol. The summed E-state index contributed by atoms with van der Waals surface area (Å²) in [6.07, 6.45) is -5.65. The molecule has 0 saturated carbocycles. The molecule has 26 heavy (non-hydrogen) atoms. The molecule has 2 rings (SSSR count). The van der Waals surface area contributed by atoms with E-state index < -0.39 is 23.4 Å². The number of aliphatic hydroxyl groups is 1. The number of hydrogen-bond acceptors (Lipinski definition) is 5. The summed E-state index contributed by atoms with van der Waals surface area (Å²) in [5.41, 5.74) is -0.854. The van der Waals surface area contributed by atoms with Crippen LogP contribution in [-0.4, -0.2) is 25.9 Å². The highest BCUT2D eigenvalue weighted by molar-refractivity contribution is 5.53. The zero-order valence-electron chi connectivity index (χ0n) is 14.1. The van der Waals surface area contributed by atoms with Crippen LogP contribution in [0, 0.1) is 11.3 Å². The van der Waals surface area contributed by atoms with Gasteiger partial charge in [0.2, 0.25) is 0 Å². The summed E-state index contributed by atoms with van der Waals surface area (Å²) >= 11 is 0. The Balaban J connectivity index is 2.17. The Morgan fingerprint density at radius 3 is 2.23 bits per heavy atom. The molecule has 138 valence electrons. The lowest BCUT2D eigenvalue weighted by Gasteiger charge is -2.16. The van der Waals surface area contributed by atoms with Gasteiger partial charge in [0, 0.05) is 18.3 Å². The highest BCUT2D eigenvalue weighted by Crippen LogP contribution is 2.34. The SMILES string of the molecule is COc1cc(OC)cc(C(O)CNc2ccc(C#N)c(C(F)(F)F)c2)c1. The molecule has 0 aromatic heterocycles. The van der Waals surface area contributed by atoms with Gasteiger partial charge in [-0.1, -0.05) is 0 Å². The summed E-state index contributed by atoms with van der Waals surface area (Å²) in [5, 5.41) is 21.8. The highest BCUT2D eigenvalue weighted by atomic mass is 19.4. The smallest absolute Gasteiger partial charge is 0.417 e. The Labute approximate surface area is 148 Å². The van der Waals surface area contributed by atoms with E-state index in [4.69, 9.17) is 14.7 Å². The van der Waals surface area contributed by atoms with Crippen molar-refractivity contribution in [1.29, 1.82) is 5.26 Å². The number of nitrogens with one attached hydrogen (secondary N) is 1. The summed E-state index contributed by atoms with van der Waals surface area (Å²) in [6, 6.07) is 9.66. The van der Waals surface area contributed by atoms with Crippen LogP contribution in [0.15, 0.2) is 36.4 Å². The van der Waals surface area contributed by atoms with Crippen molar-refractivity contribution in [2.24, 2.45) is 0 Å². The van der Waals surface area contributed by atoms with E-state index in [0.29, 0.717) is 17.1 Å². The molecule has 5 nitrogen and oxygen atoms in total. The van der Waals surface area contributed by atoms with E-state index in [1.165, 1.54) is 26.4 Å². The van der Waals surface area contributed by atoms with Crippen molar-refractivity contribution in [3.05, 3.63) is 53.1 Å². The predicted octanol–water partition coefficient (Wildman–Crippen LogP) is 3.74. The number of hydrogen-bond donors (Lipinski definition) is 2. The van der Waals surface area contributed by atoms with Gasteiger partial charge in [-0.15, -0.1) is 0 Å². The van der Waals surface area contributed by atoms with E-state index in [0.717, 1.165) is 12.1 Å². The minimum Gasteiger partial charge on any atom is -0.497 e. The normalized spacial score (nSPS) is 12.2. The molecular weight excluding hydrogens is 349 g/mol. The molecule has 0 aliphatic rings. The quantitative estimate of drug-likeness (QED) is 0.815. The third-order valence-corrected chi connectivity index (χ3v) is 3.70. The van der Waals surface area contributed by atoms with Crippen LogP contribution in [0.4, 0.5) is 18.9 Å². The van der Waals surface area contributed by atoms with Crippen molar-refractivity contribution in [2.45, 2.75) is 12.3 Å². The van der Waals surface area contributed by atoms with Gasteiger partial charge in [-0.3, -0.25) is 0 Å². The second-order valence-corrected chi connectivity index (χ2v) is 5.41. The fourth-order valence-corrected chi connectivity index (χ4v) is 2.34. The maximum Gasteiger partial charge on any atom is 0.417 e. The summed E-state index contributed by atoms with van der Waals surface area (Å²) in [4.78, 5) is 0. The van der Waals surface area contributed by atoms with Gasteiger partial charge in [-0.25, -0.2) is 0 Å². The molecule has 0 heterocycles. The largest absolute Gasteiger partial charge is 0.497 e. The Bertz CT molecular complexity index is 794. The summed E-state index contributed by atoms with van der Waals surface area (Å²) in [7, 11) is 2.94. The van der Waals surface area contributed by atoms with Gasteiger partial charge in [0.15, 0.2) is 0 Å². The Hall–Kier alpha value is -2.92. The molecule has 0 spiro atoms.